The van der Waals surface area contributed by atoms with Crippen LogP contribution in [0.5, 0.6) is 0 Å². The lowest BCUT2D eigenvalue weighted by Gasteiger charge is -2.06. The number of aromatic nitrogens is 2. The van der Waals surface area contributed by atoms with Crippen LogP contribution < -0.4 is 10.6 Å². The number of thiazole rings is 1. The maximum Gasteiger partial charge on any atom is 0.321 e. The van der Waals surface area contributed by atoms with E-state index in [0.717, 1.165) is 24.8 Å². The molecule has 0 spiro atoms. The normalized spacial score (nSPS) is 13.7. The van der Waals surface area contributed by atoms with Crippen molar-refractivity contribution in [1.29, 1.82) is 0 Å². The van der Waals surface area contributed by atoms with Gasteiger partial charge in [-0.1, -0.05) is 18.2 Å². The van der Waals surface area contributed by atoms with E-state index in [4.69, 9.17) is 0 Å². The fraction of sp³-hybridized carbons (Fsp3) is 0.333. The molecular weight excluding hydrogens is 320 g/mol. The Bertz CT molecular complexity index is 843. The predicted molar refractivity (Wildman–Crippen MR) is 97.8 cm³/mol. The van der Waals surface area contributed by atoms with Gasteiger partial charge in [0.2, 0.25) is 0 Å². The van der Waals surface area contributed by atoms with Gasteiger partial charge in [-0.3, -0.25) is 5.32 Å². The number of H-pyrrole nitrogens is 1. The molecule has 2 heterocycles. The Morgan fingerprint density at radius 1 is 1.25 bits per heavy atom. The van der Waals surface area contributed by atoms with Crippen molar-refractivity contribution >= 4 is 33.4 Å². The van der Waals surface area contributed by atoms with E-state index in [1.807, 2.05) is 18.3 Å². The van der Waals surface area contributed by atoms with Gasteiger partial charge in [0.15, 0.2) is 5.13 Å². The first kappa shape index (κ1) is 15.2. The number of aryl methyl sites for hydroxylation is 2. The summed E-state index contributed by atoms with van der Waals surface area (Å²) in [6, 6.07) is 8.03. The van der Waals surface area contributed by atoms with Crippen molar-refractivity contribution in [3.05, 3.63) is 46.6 Å². The number of urea groups is 1. The van der Waals surface area contributed by atoms with Crippen LogP contribution in [0.25, 0.3) is 10.9 Å². The number of carbonyl (C=O) groups is 1. The fourth-order valence-electron chi connectivity index (χ4n) is 3.20. The van der Waals surface area contributed by atoms with Gasteiger partial charge in [0, 0.05) is 28.5 Å². The summed E-state index contributed by atoms with van der Waals surface area (Å²) < 4.78 is 0. The van der Waals surface area contributed by atoms with Crippen LogP contribution in [0.1, 0.15) is 29.0 Å². The summed E-state index contributed by atoms with van der Waals surface area (Å²) in [6.07, 6.45) is 7.37. The Kier molecular flexibility index (Phi) is 4.21. The van der Waals surface area contributed by atoms with Gasteiger partial charge in [-0.15, -0.1) is 11.3 Å². The standard InChI is InChI=1S/C18H20N4OS/c23-17(22-18-21-15-7-3-4-8-16(15)24-18)19-10-9-12-11-20-14-6-2-1-5-13(12)14/h1-2,5-6,11,20H,3-4,7-10H2,(H2,19,21,22,23). The van der Waals surface area contributed by atoms with Crippen molar-refractivity contribution in [3.63, 3.8) is 0 Å². The van der Waals surface area contributed by atoms with Crippen molar-refractivity contribution in [2.24, 2.45) is 0 Å². The maximum atomic E-state index is 12.1. The van der Waals surface area contributed by atoms with Crippen molar-refractivity contribution in [3.8, 4) is 0 Å². The third kappa shape index (κ3) is 3.14. The van der Waals surface area contributed by atoms with Gasteiger partial charge in [0.25, 0.3) is 0 Å². The molecule has 5 nitrogen and oxygen atoms in total. The number of amides is 2. The molecule has 0 unspecified atom stereocenters. The molecule has 3 aromatic rings. The quantitative estimate of drug-likeness (QED) is 0.675. The number of anilines is 1. The van der Waals surface area contributed by atoms with Gasteiger partial charge in [-0.05, 0) is 43.7 Å². The number of carbonyl (C=O) groups excluding carboxylic acids is 1. The van der Waals surface area contributed by atoms with E-state index in [1.165, 1.54) is 34.4 Å². The highest BCUT2D eigenvalue weighted by atomic mass is 32.1. The highest BCUT2D eigenvalue weighted by Crippen LogP contribution is 2.29. The van der Waals surface area contributed by atoms with Gasteiger partial charge in [0.05, 0.1) is 5.69 Å². The molecule has 0 aliphatic heterocycles. The molecule has 0 fully saturated rings. The number of hydrogen-bond acceptors (Lipinski definition) is 3. The van der Waals surface area contributed by atoms with Gasteiger partial charge >= 0.3 is 6.03 Å². The molecule has 1 aromatic carbocycles. The molecule has 1 aliphatic rings. The Morgan fingerprint density at radius 3 is 3.04 bits per heavy atom. The van der Waals surface area contributed by atoms with E-state index in [-0.39, 0.29) is 6.03 Å². The van der Waals surface area contributed by atoms with Gasteiger partial charge < -0.3 is 10.3 Å². The van der Waals surface area contributed by atoms with Crippen LogP contribution in [0, 0.1) is 0 Å². The predicted octanol–water partition coefficient (Wildman–Crippen LogP) is 3.87. The van der Waals surface area contributed by atoms with Gasteiger partial charge in [-0.25, -0.2) is 9.78 Å². The first-order valence-electron chi connectivity index (χ1n) is 8.38. The minimum Gasteiger partial charge on any atom is -0.361 e. The molecule has 0 saturated heterocycles. The van der Waals surface area contributed by atoms with Crippen molar-refractivity contribution in [1.82, 2.24) is 15.3 Å². The number of benzene rings is 1. The average Bonchev–Trinajstić information content (AvgIpc) is 3.18. The second-order valence-corrected chi connectivity index (χ2v) is 7.17. The van der Waals surface area contributed by atoms with Crippen molar-refractivity contribution in [2.45, 2.75) is 32.1 Å². The SMILES string of the molecule is O=C(NCCc1c[nH]c2ccccc12)Nc1nc2c(s1)CCCC2. The topological polar surface area (TPSA) is 69.8 Å². The Hall–Kier alpha value is -2.34. The number of fused-ring (bicyclic) bond motifs is 2. The molecule has 1 aliphatic carbocycles. The monoisotopic (exact) mass is 340 g/mol. The summed E-state index contributed by atoms with van der Waals surface area (Å²) in [7, 11) is 0. The Morgan fingerprint density at radius 2 is 2.12 bits per heavy atom. The van der Waals surface area contributed by atoms with E-state index >= 15 is 0 Å². The minimum absolute atomic E-state index is 0.180. The van der Waals surface area contributed by atoms with Crippen LogP contribution >= 0.6 is 11.3 Å². The van der Waals surface area contributed by atoms with Crippen LogP contribution in [-0.4, -0.2) is 22.5 Å². The van der Waals surface area contributed by atoms with Crippen LogP contribution in [0.4, 0.5) is 9.93 Å². The zero-order valence-electron chi connectivity index (χ0n) is 13.4. The summed E-state index contributed by atoms with van der Waals surface area (Å²) in [5, 5.41) is 7.71. The maximum absolute atomic E-state index is 12.1. The molecule has 6 heteroatoms. The second kappa shape index (κ2) is 6.65. The van der Waals surface area contributed by atoms with Crippen LogP contribution in [-0.2, 0) is 19.3 Å². The van der Waals surface area contributed by atoms with E-state index in [9.17, 15) is 4.79 Å². The lowest BCUT2D eigenvalue weighted by molar-refractivity contribution is 0.252. The van der Waals surface area contributed by atoms with Crippen LogP contribution in [0.3, 0.4) is 0 Å². The molecule has 2 aromatic heterocycles. The second-order valence-electron chi connectivity index (χ2n) is 6.09. The smallest absolute Gasteiger partial charge is 0.321 e. The molecule has 0 atom stereocenters. The third-order valence-corrected chi connectivity index (χ3v) is 5.49. The lowest BCUT2D eigenvalue weighted by Crippen LogP contribution is -2.30. The highest BCUT2D eigenvalue weighted by molar-refractivity contribution is 7.15. The zero-order valence-corrected chi connectivity index (χ0v) is 14.2. The third-order valence-electron chi connectivity index (χ3n) is 4.42. The van der Waals surface area contributed by atoms with Crippen molar-refractivity contribution < 1.29 is 4.79 Å². The molecule has 4 rings (SSSR count). The molecule has 3 N–H and O–H groups in total. The van der Waals surface area contributed by atoms with E-state index in [1.54, 1.807) is 11.3 Å². The van der Waals surface area contributed by atoms with E-state index in [0.29, 0.717) is 11.7 Å². The summed E-state index contributed by atoms with van der Waals surface area (Å²) in [4.78, 5) is 21.2. The number of nitrogens with zero attached hydrogens (tertiary/aromatic N) is 1. The molecule has 124 valence electrons. The number of hydrogen-bond donors (Lipinski definition) is 3. The Balaban J connectivity index is 1.31. The van der Waals surface area contributed by atoms with Crippen molar-refractivity contribution in [2.75, 3.05) is 11.9 Å². The highest BCUT2D eigenvalue weighted by Gasteiger charge is 2.16. The summed E-state index contributed by atoms with van der Waals surface area (Å²) in [5.41, 5.74) is 3.52. The lowest BCUT2D eigenvalue weighted by atomic mass is 10.0. The minimum atomic E-state index is -0.180. The molecule has 0 radical (unpaired) electrons. The summed E-state index contributed by atoms with van der Waals surface area (Å²) in [5.74, 6) is 0. The summed E-state index contributed by atoms with van der Waals surface area (Å²) in [6.45, 7) is 0.596. The number of nitrogens with one attached hydrogen (secondary N) is 3. The first-order valence-corrected chi connectivity index (χ1v) is 9.19. The Labute approximate surface area is 144 Å². The molecular formula is C18H20N4OS. The molecule has 0 bridgehead atoms. The molecule has 2 amide bonds. The van der Waals surface area contributed by atoms with E-state index in [2.05, 4.69) is 32.7 Å². The molecule has 0 saturated carbocycles. The van der Waals surface area contributed by atoms with Gasteiger partial charge in [-0.2, -0.15) is 0 Å². The number of para-hydroxylation sites is 1. The van der Waals surface area contributed by atoms with Crippen LogP contribution in [0.15, 0.2) is 30.5 Å². The largest absolute Gasteiger partial charge is 0.361 e. The zero-order chi connectivity index (χ0) is 16.4. The fourth-order valence-corrected chi connectivity index (χ4v) is 4.24. The number of rotatable bonds is 4. The first-order chi connectivity index (χ1) is 11.8. The van der Waals surface area contributed by atoms with E-state index < -0.39 is 0 Å². The van der Waals surface area contributed by atoms with Gasteiger partial charge in [0.1, 0.15) is 0 Å². The number of aromatic amines is 1. The summed E-state index contributed by atoms with van der Waals surface area (Å²) >= 11 is 1.61. The molecule has 24 heavy (non-hydrogen) atoms. The van der Waals surface area contributed by atoms with Crippen LogP contribution in [0.2, 0.25) is 0 Å². The average molecular weight is 340 g/mol.